The van der Waals surface area contributed by atoms with E-state index in [2.05, 4.69) is 5.32 Å². The zero-order chi connectivity index (χ0) is 15.4. The largest absolute Gasteiger partial charge is 1.00 e. The van der Waals surface area contributed by atoms with E-state index < -0.39 is 21.9 Å². The summed E-state index contributed by atoms with van der Waals surface area (Å²) in [5.41, 5.74) is 0. The zero-order valence-electron chi connectivity index (χ0n) is 13.0. The fourth-order valence-electron chi connectivity index (χ4n) is 1.80. The minimum atomic E-state index is -4.38. The number of amides is 1. The molecule has 0 spiro atoms. The molecule has 8 heteroatoms. The molecule has 0 aliphatic carbocycles. The first-order valence-electron chi connectivity index (χ1n) is 7.01. The van der Waals surface area contributed by atoms with E-state index in [0.717, 1.165) is 38.5 Å². The Morgan fingerprint density at radius 1 is 0.905 bits per heavy atom. The van der Waals surface area contributed by atoms with E-state index in [1.165, 1.54) is 0 Å². The number of carbonyl (C=O) groups excluding carboxylic acids is 2. The molecule has 1 amide bonds. The van der Waals surface area contributed by atoms with Crippen LogP contribution in [0.5, 0.6) is 0 Å². The van der Waals surface area contributed by atoms with E-state index in [-0.39, 0.29) is 41.8 Å². The number of rotatable bonds is 12. The van der Waals surface area contributed by atoms with Gasteiger partial charge in [-0.2, -0.15) is 0 Å². The first-order valence-corrected chi connectivity index (χ1v) is 8.58. The van der Waals surface area contributed by atoms with E-state index >= 15 is 0 Å². The summed E-state index contributed by atoms with van der Waals surface area (Å²) in [6.45, 7) is 1.60. The summed E-state index contributed by atoms with van der Waals surface area (Å²) in [5.74, 6) is -0.996. The van der Waals surface area contributed by atoms with Crippen molar-refractivity contribution in [3.8, 4) is 0 Å². The van der Waals surface area contributed by atoms with Crippen molar-refractivity contribution < 1.29 is 52.1 Å². The Bertz CT molecular complexity index is 397. The van der Waals surface area contributed by atoms with Crippen molar-refractivity contribution in [2.24, 2.45) is 0 Å². The molecule has 0 atom stereocenters. The van der Waals surface area contributed by atoms with Gasteiger partial charge in [0.05, 0.1) is 0 Å². The number of carbonyl (C=O) groups is 2. The first-order chi connectivity index (χ1) is 9.31. The summed E-state index contributed by atoms with van der Waals surface area (Å²) in [4.78, 5) is 21.9. The predicted molar refractivity (Wildman–Crippen MR) is 74.9 cm³/mol. The number of hydrogen-bond acceptors (Lipinski definition) is 5. The molecule has 0 saturated carbocycles. The Labute approximate surface area is 149 Å². The van der Waals surface area contributed by atoms with Crippen molar-refractivity contribution in [2.75, 3.05) is 5.88 Å². The normalized spacial score (nSPS) is 10.8. The Hall–Kier alpha value is 0.0500. The van der Waals surface area contributed by atoms with Crippen molar-refractivity contribution in [3.05, 3.63) is 0 Å². The molecule has 0 aliphatic heterocycles. The molecule has 0 heterocycles. The molecule has 0 unspecified atom stereocenters. The molecule has 21 heavy (non-hydrogen) atoms. The molecular weight excluding hydrogens is 305 g/mol. The van der Waals surface area contributed by atoms with Crippen LogP contribution in [0.25, 0.3) is 0 Å². The van der Waals surface area contributed by atoms with Gasteiger partial charge in [0, 0.05) is 12.8 Å². The molecule has 0 aromatic carbocycles. The molecule has 6 nitrogen and oxygen atoms in total. The second kappa shape index (κ2) is 13.7. The summed E-state index contributed by atoms with van der Waals surface area (Å²) in [6, 6.07) is 0. The third-order valence-corrected chi connectivity index (χ3v) is 3.38. The van der Waals surface area contributed by atoms with Crippen LogP contribution in [0.2, 0.25) is 0 Å². The fraction of sp³-hybridized carbons (Fsp3) is 0.846. The van der Waals surface area contributed by atoms with Gasteiger partial charge in [-0.3, -0.25) is 4.79 Å². The van der Waals surface area contributed by atoms with Crippen LogP contribution >= 0.6 is 0 Å². The molecule has 0 aromatic heterocycles. The number of ketones is 1. The van der Waals surface area contributed by atoms with Crippen molar-refractivity contribution in [3.63, 3.8) is 0 Å². The average Bonchev–Trinajstić information content (AvgIpc) is 2.33. The fourth-order valence-corrected chi connectivity index (χ4v) is 2.14. The maximum absolute atomic E-state index is 11.2. The van der Waals surface area contributed by atoms with Gasteiger partial charge in [0.1, 0.15) is 21.8 Å². The van der Waals surface area contributed by atoms with Crippen molar-refractivity contribution in [1.82, 2.24) is 5.32 Å². The number of hydrogen-bond donors (Lipinski definition) is 1. The molecule has 118 valence electrons. The standard InChI is InChI=1S/C13H25NO5S.Na/c1-12(15)9-7-5-3-2-4-6-8-10-13(16)14-11-20(17,18)19;/h2-11H2,1H3,(H,14,16)(H,17,18,19);/q;+1/p-1. The second-order valence-electron chi connectivity index (χ2n) is 4.98. The van der Waals surface area contributed by atoms with Crippen molar-refractivity contribution in [1.29, 1.82) is 0 Å². The molecular formula is C13H24NNaO5S. The van der Waals surface area contributed by atoms with Crippen LogP contribution in [0.3, 0.4) is 0 Å². The van der Waals surface area contributed by atoms with Gasteiger partial charge in [-0.05, 0) is 19.8 Å². The van der Waals surface area contributed by atoms with Crippen LogP contribution in [0.15, 0.2) is 0 Å². The van der Waals surface area contributed by atoms with Gasteiger partial charge >= 0.3 is 29.6 Å². The predicted octanol–water partition coefficient (Wildman–Crippen LogP) is -1.29. The quantitative estimate of drug-likeness (QED) is 0.273. The maximum atomic E-state index is 11.2. The Morgan fingerprint density at radius 3 is 1.76 bits per heavy atom. The van der Waals surface area contributed by atoms with E-state index in [0.29, 0.717) is 12.8 Å². The molecule has 0 rings (SSSR count). The van der Waals surface area contributed by atoms with Gasteiger partial charge in [0.2, 0.25) is 5.91 Å². The van der Waals surface area contributed by atoms with Gasteiger partial charge in [-0.1, -0.05) is 32.1 Å². The summed E-state index contributed by atoms with van der Waals surface area (Å²) in [7, 11) is -4.38. The average molecular weight is 329 g/mol. The second-order valence-corrected chi connectivity index (χ2v) is 6.38. The molecule has 0 aliphatic rings. The third-order valence-electron chi connectivity index (χ3n) is 2.88. The van der Waals surface area contributed by atoms with Crippen LogP contribution in [-0.4, -0.2) is 30.5 Å². The minimum Gasteiger partial charge on any atom is -0.747 e. The Kier molecular flexibility index (Phi) is 15.2. The van der Waals surface area contributed by atoms with Crippen LogP contribution in [0.4, 0.5) is 0 Å². The molecule has 0 bridgehead atoms. The molecule has 0 saturated heterocycles. The summed E-state index contributed by atoms with van der Waals surface area (Å²) < 4.78 is 30.9. The van der Waals surface area contributed by atoms with Crippen LogP contribution < -0.4 is 34.9 Å². The monoisotopic (exact) mass is 329 g/mol. The number of unbranched alkanes of at least 4 members (excludes halogenated alkanes) is 6. The van der Waals surface area contributed by atoms with Gasteiger partial charge in [-0.15, -0.1) is 0 Å². The van der Waals surface area contributed by atoms with Crippen molar-refractivity contribution >= 4 is 21.8 Å². The number of Topliss-reactive ketones (excluding diaryl/α,β-unsaturated/α-hetero) is 1. The summed E-state index contributed by atoms with van der Waals surface area (Å²) in [5, 5.41) is 2.08. The molecule has 1 N–H and O–H groups in total. The van der Waals surface area contributed by atoms with Crippen LogP contribution in [0.1, 0.15) is 64.7 Å². The molecule has 0 aromatic rings. The summed E-state index contributed by atoms with van der Waals surface area (Å²) >= 11 is 0. The minimum absolute atomic E-state index is 0. The smallest absolute Gasteiger partial charge is 0.747 e. The van der Waals surface area contributed by atoms with E-state index in [4.69, 9.17) is 0 Å². The maximum Gasteiger partial charge on any atom is 1.00 e. The Morgan fingerprint density at radius 2 is 1.33 bits per heavy atom. The van der Waals surface area contributed by atoms with Gasteiger partial charge in [-0.25, -0.2) is 8.42 Å². The SMILES string of the molecule is CC(=O)CCCCCCCCCC(=O)NCS(=O)(=O)[O-].[Na+]. The topological polar surface area (TPSA) is 103 Å². The van der Waals surface area contributed by atoms with Crippen molar-refractivity contribution in [2.45, 2.75) is 64.7 Å². The molecule has 0 radical (unpaired) electrons. The van der Waals surface area contributed by atoms with E-state index in [1.807, 2.05) is 0 Å². The van der Waals surface area contributed by atoms with Crippen LogP contribution in [-0.2, 0) is 19.7 Å². The van der Waals surface area contributed by atoms with Crippen LogP contribution in [0, 0.1) is 0 Å². The van der Waals surface area contributed by atoms with Gasteiger partial charge in [0.25, 0.3) is 0 Å². The Balaban J connectivity index is 0. The van der Waals surface area contributed by atoms with E-state index in [9.17, 15) is 22.6 Å². The number of nitrogens with one attached hydrogen (secondary N) is 1. The van der Waals surface area contributed by atoms with E-state index in [1.54, 1.807) is 6.92 Å². The zero-order valence-corrected chi connectivity index (χ0v) is 15.8. The van der Waals surface area contributed by atoms with Gasteiger partial charge in [0.15, 0.2) is 0 Å². The van der Waals surface area contributed by atoms with Gasteiger partial charge < -0.3 is 14.7 Å². The summed E-state index contributed by atoms with van der Waals surface area (Å²) in [6.07, 6.45) is 7.70. The molecule has 0 fully saturated rings. The first kappa shape index (κ1) is 23.3. The third kappa shape index (κ3) is 20.1.